The van der Waals surface area contributed by atoms with Gasteiger partial charge < -0.3 is 5.32 Å². The molecule has 1 fully saturated rings. The predicted octanol–water partition coefficient (Wildman–Crippen LogP) is -0.286. The molecule has 1 unspecified atom stereocenters. The SMILES string of the molecule is Cn1ncc(Cl)c1S(=O)(=O)NC1CCNC1. The van der Waals surface area contributed by atoms with Gasteiger partial charge in [0.05, 0.1) is 11.2 Å². The average molecular weight is 265 g/mol. The van der Waals surface area contributed by atoms with Gasteiger partial charge in [-0.1, -0.05) is 11.6 Å². The average Bonchev–Trinajstić information content (AvgIpc) is 2.76. The minimum absolute atomic E-state index is 0.0149. The molecule has 16 heavy (non-hydrogen) atoms. The molecule has 90 valence electrons. The van der Waals surface area contributed by atoms with Crippen molar-refractivity contribution in [1.82, 2.24) is 19.8 Å². The lowest BCUT2D eigenvalue weighted by Crippen LogP contribution is -2.37. The maximum atomic E-state index is 12.0. The van der Waals surface area contributed by atoms with Crippen LogP contribution in [-0.2, 0) is 17.1 Å². The van der Waals surface area contributed by atoms with Gasteiger partial charge in [-0.05, 0) is 13.0 Å². The van der Waals surface area contributed by atoms with Gasteiger partial charge in [-0.15, -0.1) is 0 Å². The Hall–Kier alpha value is -0.630. The molecule has 1 aromatic rings. The summed E-state index contributed by atoms with van der Waals surface area (Å²) in [5.41, 5.74) is 0. The molecule has 0 amide bonds. The standard InChI is InChI=1S/C8H13ClN4O2S/c1-13-8(7(9)5-11-13)16(14,15)12-6-2-3-10-4-6/h5-6,10,12H,2-4H2,1H3. The Balaban J connectivity index is 2.25. The number of aryl methyl sites for hydroxylation is 1. The molecule has 2 heterocycles. The Bertz CT molecular complexity index is 459. The van der Waals surface area contributed by atoms with Crippen molar-refractivity contribution in [2.24, 2.45) is 7.05 Å². The zero-order valence-corrected chi connectivity index (χ0v) is 10.3. The molecule has 1 saturated heterocycles. The fourth-order valence-electron chi connectivity index (χ4n) is 1.73. The van der Waals surface area contributed by atoms with Crippen molar-refractivity contribution in [3.05, 3.63) is 11.2 Å². The van der Waals surface area contributed by atoms with Crippen molar-refractivity contribution in [3.8, 4) is 0 Å². The van der Waals surface area contributed by atoms with E-state index in [2.05, 4.69) is 15.1 Å². The fraction of sp³-hybridized carbons (Fsp3) is 0.625. The number of sulfonamides is 1. The third kappa shape index (κ3) is 2.22. The molecule has 2 rings (SSSR count). The molecule has 1 aliphatic rings. The van der Waals surface area contributed by atoms with E-state index in [1.165, 1.54) is 10.9 Å². The summed E-state index contributed by atoms with van der Waals surface area (Å²) < 4.78 is 27.9. The van der Waals surface area contributed by atoms with Gasteiger partial charge in [-0.2, -0.15) is 5.10 Å². The van der Waals surface area contributed by atoms with Crippen molar-refractivity contribution >= 4 is 21.6 Å². The van der Waals surface area contributed by atoms with Crippen LogP contribution in [0.5, 0.6) is 0 Å². The zero-order chi connectivity index (χ0) is 11.8. The van der Waals surface area contributed by atoms with Crippen LogP contribution in [0.1, 0.15) is 6.42 Å². The number of nitrogens with zero attached hydrogens (tertiary/aromatic N) is 2. The highest BCUT2D eigenvalue weighted by Gasteiger charge is 2.27. The summed E-state index contributed by atoms with van der Waals surface area (Å²) in [4.78, 5) is 0. The molecule has 0 spiro atoms. The molecular formula is C8H13ClN4O2S. The summed E-state index contributed by atoms with van der Waals surface area (Å²) in [5.74, 6) is 0. The lowest BCUT2D eigenvalue weighted by molar-refractivity contribution is 0.544. The van der Waals surface area contributed by atoms with Crippen LogP contribution < -0.4 is 10.0 Å². The van der Waals surface area contributed by atoms with Gasteiger partial charge in [0.1, 0.15) is 0 Å². The van der Waals surface area contributed by atoms with Crippen molar-refractivity contribution in [1.29, 1.82) is 0 Å². The lowest BCUT2D eigenvalue weighted by Gasteiger charge is -2.12. The zero-order valence-electron chi connectivity index (χ0n) is 8.77. The van der Waals surface area contributed by atoms with Crippen molar-refractivity contribution in [2.75, 3.05) is 13.1 Å². The van der Waals surface area contributed by atoms with E-state index in [1.54, 1.807) is 7.05 Å². The van der Waals surface area contributed by atoms with E-state index in [-0.39, 0.29) is 16.1 Å². The molecule has 2 N–H and O–H groups in total. The third-order valence-electron chi connectivity index (χ3n) is 2.48. The number of hydrogen-bond donors (Lipinski definition) is 2. The second-order valence-electron chi connectivity index (χ2n) is 3.73. The van der Waals surface area contributed by atoms with Crippen LogP contribution in [0.15, 0.2) is 11.2 Å². The molecule has 0 saturated carbocycles. The summed E-state index contributed by atoms with van der Waals surface area (Å²) in [7, 11) is -2.03. The maximum Gasteiger partial charge on any atom is 0.259 e. The molecule has 0 radical (unpaired) electrons. The Morgan fingerprint density at radius 2 is 2.44 bits per heavy atom. The van der Waals surface area contributed by atoms with Gasteiger partial charge in [-0.25, -0.2) is 13.1 Å². The molecule has 1 aromatic heterocycles. The van der Waals surface area contributed by atoms with E-state index in [1.807, 2.05) is 0 Å². The van der Waals surface area contributed by atoms with E-state index in [0.29, 0.717) is 6.54 Å². The van der Waals surface area contributed by atoms with Crippen molar-refractivity contribution in [3.63, 3.8) is 0 Å². The minimum Gasteiger partial charge on any atom is -0.315 e. The summed E-state index contributed by atoms with van der Waals surface area (Å²) >= 11 is 5.80. The molecule has 0 bridgehead atoms. The molecular weight excluding hydrogens is 252 g/mol. The van der Waals surface area contributed by atoms with E-state index >= 15 is 0 Å². The maximum absolute atomic E-state index is 12.0. The van der Waals surface area contributed by atoms with Crippen LogP contribution in [0.2, 0.25) is 5.02 Å². The van der Waals surface area contributed by atoms with Gasteiger partial charge in [0.25, 0.3) is 10.0 Å². The van der Waals surface area contributed by atoms with Gasteiger partial charge in [0.2, 0.25) is 0 Å². The van der Waals surface area contributed by atoms with Gasteiger partial charge in [0.15, 0.2) is 5.03 Å². The Kier molecular flexibility index (Phi) is 3.20. The highest BCUT2D eigenvalue weighted by Crippen LogP contribution is 2.20. The molecule has 0 aliphatic carbocycles. The summed E-state index contributed by atoms with van der Waals surface area (Å²) in [6.45, 7) is 1.47. The largest absolute Gasteiger partial charge is 0.315 e. The van der Waals surface area contributed by atoms with Crippen molar-refractivity contribution < 1.29 is 8.42 Å². The van der Waals surface area contributed by atoms with E-state index in [4.69, 9.17) is 11.6 Å². The number of nitrogens with one attached hydrogen (secondary N) is 2. The number of halogens is 1. The Labute approximate surface area is 99.0 Å². The fourth-order valence-corrected chi connectivity index (χ4v) is 3.66. The quantitative estimate of drug-likeness (QED) is 0.787. The molecule has 6 nitrogen and oxygen atoms in total. The third-order valence-corrected chi connectivity index (χ3v) is 4.50. The second-order valence-corrected chi connectivity index (χ2v) is 5.77. The summed E-state index contributed by atoms with van der Waals surface area (Å²) in [6, 6.07) is -0.0732. The van der Waals surface area contributed by atoms with Crippen LogP contribution >= 0.6 is 11.6 Å². The first-order valence-corrected chi connectivity index (χ1v) is 6.77. The first kappa shape index (κ1) is 11.8. The second kappa shape index (κ2) is 4.33. The normalized spacial score (nSPS) is 21.5. The topological polar surface area (TPSA) is 76.0 Å². The number of aromatic nitrogens is 2. The minimum atomic E-state index is -3.58. The highest BCUT2D eigenvalue weighted by atomic mass is 35.5. The van der Waals surface area contributed by atoms with Crippen LogP contribution in [-0.4, -0.2) is 37.3 Å². The first-order valence-electron chi connectivity index (χ1n) is 4.91. The van der Waals surface area contributed by atoms with Crippen LogP contribution in [0, 0.1) is 0 Å². The van der Waals surface area contributed by atoms with E-state index in [0.717, 1.165) is 13.0 Å². The summed E-state index contributed by atoms with van der Waals surface area (Å²) in [5, 5.41) is 7.05. The number of hydrogen-bond acceptors (Lipinski definition) is 4. The van der Waals surface area contributed by atoms with Crippen LogP contribution in [0.4, 0.5) is 0 Å². The molecule has 1 aliphatic heterocycles. The Morgan fingerprint density at radius 1 is 1.69 bits per heavy atom. The molecule has 1 atom stereocenters. The van der Waals surface area contributed by atoms with E-state index < -0.39 is 10.0 Å². The van der Waals surface area contributed by atoms with Gasteiger partial charge in [-0.3, -0.25) is 4.68 Å². The highest BCUT2D eigenvalue weighted by molar-refractivity contribution is 7.89. The van der Waals surface area contributed by atoms with Gasteiger partial charge >= 0.3 is 0 Å². The molecule has 8 heteroatoms. The summed E-state index contributed by atoms with van der Waals surface area (Å²) in [6.07, 6.45) is 2.11. The van der Waals surface area contributed by atoms with Gasteiger partial charge in [0, 0.05) is 19.6 Å². The lowest BCUT2D eigenvalue weighted by atomic mass is 10.3. The Morgan fingerprint density at radius 3 is 2.94 bits per heavy atom. The monoisotopic (exact) mass is 264 g/mol. The van der Waals surface area contributed by atoms with Crippen LogP contribution in [0.25, 0.3) is 0 Å². The predicted molar refractivity (Wildman–Crippen MR) is 59.8 cm³/mol. The smallest absolute Gasteiger partial charge is 0.259 e. The van der Waals surface area contributed by atoms with E-state index in [9.17, 15) is 8.42 Å². The van der Waals surface area contributed by atoms with Crippen LogP contribution in [0.3, 0.4) is 0 Å². The molecule has 0 aromatic carbocycles. The first-order chi connectivity index (χ1) is 7.50. The number of rotatable bonds is 3. The van der Waals surface area contributed by atoms with Crippen molar-refractivity contribution in [2.45, 2.75) is 17.5 Å².